The van der Waals surface area contributed by atoms with Gasteiger partial charge in [-0.3, -0.25) is 14.4 Å². The van der Waals surface area contributed by atoms with E-state index in [1.54, 1.807) is 4.90 Å². The summed E-state index contributed by atoms with van der Waals surface area (Å²) in [5.74, 6) is -0.902. The summed E-state index contributed by atoms with van der Waals surface area (Å²) in [5, 5.41) is 2.05. The summed E-state index contributed by atoms with van der Waals surface area (Å²) in [6, 6.07) is 15.1. The lowest BCUT2D eigenvalue weighted by Crippen LogP contribution is -2.27. The minimum absolute atomic E-state index is 0.0977. The molecule has 29 heavy (non-hydrogen) atoms. The lowest BCUT2D eigenvalue weighted by Gasteiger charge is -2.13. The van der Waals surface area contributed by atoms with E-state index in [0.717, 1.165) is 42.3 Å². The molecule has 0 saturated carbocycles. The van der Waals surface area contributed by atoms with Crippen molar-refractivity contribution in [2.24, 2.45) is 0 Å². The summed E-state index contributed by atoms with van der Waals surface area (Å²) in [6.07, 6.45) is 3.60. The lowest BCUT2D eigenvalue weighted by atomic mass is 10.0. The summed E-state index contributed by atoms with van der Waals surface area (Å²) in [7, 11) is 0. The Hall–Kier alpha value is -3.41. The Morgan fingerprint density at radius 3 is 2.59 bits per heavy atom. The Morgan fingerprint density at radius 1 is 1.00 bits per heavy atom. The Kier molecular flexibility index (Phi) is 5.42. The molecule has 0 spiro atoms. The highest BCUT2D eigenvalue weighted by molar-refractivity contribution is 6.01. The number of Topliss-reactive ketones (excluding diaryl/α,β-unsaturated/α-hetero) is 1. The highest BCUT2D eigenvalue weighted by Crippen LogP contribution is 2.19. The standard InChI is InChI=1S/C23H22N2O4/c26-21(18-12-20(24-14-18)23(28)25-10-3-4-11-25)15-29-22(27)13-17-8-5-7-16-6-1-2-9-19(16)17/h1-2,5-9,12,14,24H,3-4,10-11,13,15H2. The second kappa shape index (κ2) is 8.31. The molecule has 1 saturated heterocycles. The van der Waals surface area contributed by atoms with E-state index in [0.29, 0.717) is 11.3 Å². The number of hydrogen-bond donors (Lipinski definition) is 1. The van der Waals surface area contributed by atoms with Gasteiger partial charge in [0.05, 0.1) is 6.42 Å². The Balaban J connectivity index is 1.34. The number of aromatic nitrogens is 1. The Bertz CT molecular complexity index is 1060. The summed E-state index contributed by atoms with van der Waals surface area (Å²) in [6.45, 7) is 1.14. The van der Waals surface area contributed by atoms with Gasteiger partial charge < -0.3 is 14.6 Å². The van der Waals surface area contributed by atoms with Gasteiger partial charge in [-0.05, 0) is 35.2 Å². The molecule has 6 nitrogen and oxygen atoms in total. The largest absolute Gasteiger partial charge is 0.457 e. The smallest absolute Gasteiger partial charge is 0.310 e. The molecule has 1 N–H and O–H groups in total. The third kappa shape index (κ3) is 4.21. The molecule has 0 atom stereocenters. The van der Waals surface area contributed by atoms with Crippen molar-refractivity contribution in [1.82, 2.24) is 9.88 Å². The molecule has 1 aliphatic heterocycles. The third-order valence-corrected chi connectivity index (χ3v) is 5.21. The maximum Gasteiger partial charge on any atom is 0.310 e. The van der Waals surface area contributed by atoms with Gasteiger partial charge in [0.25, 0.3) is 5.91 Å². The number of carbonyl (C=O) groups excluding carboxylic acids is 3. The lowest BCUT2D eigenvalue weighted by molar-refractivity contribution is -0.141. The number of amides is 1. The number of nitrogens with one attached hydrogen (secondary N) is 1. The van der Waals surface area contributed by atoms with Crippen molar-refractivity contribution >= 4 is 28.4 Å². The molecule has 1 amide bonds. The van der Waals surface area contributed by atoms with Crippen LogP contribution in [0.15, 0.2) is 54.7 Å². The van der Waals surface area contributed by atoms with Crippen LogP contribution in [0.5, 0.6) is 0 Å². The molecule has 0 unspecified atom stereocenters. The maximum absolute atomic E-state index is 12.4. The molecular formula is C23H22N2O4. The molecule has 1 fully saturated rings. The van der Waals surface area contributed by atoms with Gasteiger partial charge in [-0.15, -0.1) is 0 Å². The van der Waals surface area contributed by atoms with Gasteiger partial charge in [-0.2, -0.15) is 0 Å². The van der Waals surface area contributed by atoms with E-state index in [9.17, 15) is 14.4 Å². The first-order valence-electron chi connectivity index (χ1n) is 9.75. The average molecular weight is 390 g/mol. The number of rotatable bonds is 6. The number of ketones is 1. The summed E-state index contributed by atoms with van der Waals surface area (Å²) in [4.78, 5) is 41.6. The van der Waals surface area contributed by atoms with Gasteiger partial charge in [0.1, 0.15) is 5.69 Å². The zero-order valence-electron chi connectivity index (χ0n) is 16.0. The molecule has 3 aromatic rings. The minimum atomic E-state index is -0.460. The second-order valence-corrected chi connectivity index (χ2v) is 7.20. The maximum atomic E-state index is 12.4. The number of ether oxygens (including phenoxy) is 1. The van der Waals surface area contributed by atoms with E-state index in [2.05, 4.69) is 4.98 Å². The van der Waals surface area contributed by atoms with Crippen LogP contribution in [-0.2, 0) is 16.0 Å². The van der Waals surface area contributed by atoms with Crippen LogP contribution in [0.25, 0.3) is 10.8 Å². The van der Waals surface area contributed by atoms with Crippen molar-refractivity contribution in [2.45, 2.75) is 19.3 Å². The summed E-state index contributed by atoms with van der Waals surface area (Å²) >= 11 is 0. The Morgan fingerprint density at radius 2 is 1.76 bits per heavy atom. The fraction of sp³-hybridized carbons (Fsp3) is 0.261. The third-order valence-electron chi connectivity index (χ3n) is 5.21. The number of likely N-dealkylation sites (tertiary alicyclic amines) is 1. The van der Waals surface area contributed by atoms with Gasteiger partial charge in [-0.25, -0.2) is 0 Å². The molecule has 1 aliphatic rings. The van der Waals surface area contributed by atoms with Gasteiger partial charge in [0, 0.05) is 24.8 Å². The molecule has 0 aliphatic carbocycles. The van der Waals surface area contributed by atoms with E-state index in [-0.39, 0.29) is 24.7 Å². The van der Waals surface area contributed by atoms with E-state index in [4.69, 9.17) is 4.74 Å². The van der Waals surface area contributed by atoms with Crippen LogP contribution in [0.2, 0.25) is 0 Å². The number of nitrogens with zero attached hydrogens (tertiary/aromatic N) is 1. The van der Waals surface area contributed by atoms with Crippen molar-refractivity contribution in [1.29, 1.82) is 0 Å². The molecular weight excluding hydrogens is 368 g/mol. The van der Waals surface area contributed by atoms with Gasteiger partial charge in [0.15, 0.2) is 6.61 Å². The number of H-pyrrole nitrogens is 1. The van der Waals surface area contributed by atoms with Crippen molar-refractivity contribution in [3.05, 3.63) is 71.5 Å². The van der Waals surface area contributed by atoms with Crippen LogP contribution in [0.4, 0.5) is 0 Å². The number of esters is 1. The second-order valence-electron chi connectivity index (χ2n) is 7.20. The molecule has 1 aromatic heterocycles. The Labute approximate surface area is 168 Å². The van der Waals surface area contributed by atoms with E-state index >= 15 is 0 Å². The number of hydrogen-bond acceptors (Lipinski definition) is 4. The molecule has 2 heterocycles. The molecule has 6 heteroatoms. The number of aromatic amines is 1. The van der Waals surface area contributed by atoms with Crippen LogP contribution in [0.1, 0.15) is 39.3 Å². The zero-order valence-corrected chi connectivity index (χ0v) is 16.0. The zero-order chi connectivity index (χ0) is 20.2. The fourth-order valence-corrected chi connectivity index (χ4v) is 3.65. The van der Waals surface area contributed by atoms with Crippen LogP contribution >= 0.6 is 0 Å². The van der Waals surface area contributed by atoms with Crippen molar-refractivity contribution in [3.63, 3.8) is 0 Å². The van der Waals surface area contributed by atoms with Gasteiger partial charge >= 0.3 is 5.97 Å². The number of carbonyl (C=O) groups is 3. The average Bonchev–Trinajstić information content (AvgIpc) is 3.44. The van der Waals surface area contributed by atoms with Crippen molar-refractivity contribution in [2.75, 3.05) is 19.7 Å². The predicted octanol–water partition coefficient (Wildman–Crippen LogP) is 3.37. The van der Waals surface area contributed by atoms with E-state index < -0.39 is 5.97 Å². The van der Waals surface area contributed by atoms with Crippen LogP contribution < -0.4 is 0 Å². The van der Waals surface area contributed by atoms with Gasteiger partial charge in [-0.1, -0.05) is 42.5 Å². The minimum Gasteiger partial charge on any atom is -0.457 e. The van der Waals surface area contributed by atoms with Crippen molar-refractivity contribution < 1.29 is 19.1 Å². The highest BCUT2D eigenvalue weighted by atomic mass is 16.5. The first-order valence-corrected chi connectivity index (χ1v) is 9.75. The predicted molar refractivity (Wildman–Crippen MR) is 109 cm³/mol. The highest BCUT2D eigenvalue weighted by Gasteiger charge is 2.22. The molecule has 0 radical (unpaired) electrons. The number of benzene rings is 2. The quantitative estimate of drug-likeness (QED) is 0.517. The van der Waals surface area contributed by atoms with E-state index in [1.807, 2.05) is 42.5 Å². The normalized spacial score (nSPS) is 13.6. The SMILES string of the molecule is O=C(Cc1cccc2ccccc12)OCC(=O)c1c[nH]c(C(=O)N2CCCC2)c1. The van der Waals surface area contributed by atoms with Crippen LogP contribution in [-0.4, -0.2) is 47.2 Å². The summed E-state index contributed by atoms with van der Waals surface area (Å²) in [5.41, 5.74) is 1.59. The van der Waals surface area contributed by atoms with Crippen LogP contribution in [0.3, 0.4) is 0 Å². The van der Waals surface area contributed by atoms with Crippen LogP contribution in [0, 0.1) is 0 Å². The monoisotopic (exact) mass is 390 g/mol. The van der Waals surface area contributed by atoms with E-state index in [1.165, 1.54) is 12.3 Å². The fourth-order valence-electron chi connectivity index (χ4n) is 3.65. The first-order chi connectivity index (χ1) is 14.1. The molecule has 0 bridgehead atoms. The first kappa shape index (κ1) is 18.9. The number of fused-ring (bicyclic) bond motifs is 1. The van der Waals surface area contributed by atoms with Crippen molar-refractivity contribution in [3.8, 4) is 0 Å². The molecule has 2 aromatic carbocycles. The molecule has 148 valence electrons. The topological polar surface area (TPSA) is 79.5 Å². The van der Waals surface area contributed by atoms with Gasteiger partial charge in [0.2, 0.25) is 5.78 Å². The summed E-state index contributed by atoms with van der Waals surface area (Å²) < 4.78 is 5.18. The molecule has 4 rings (SSSR count).